The molecule has 0 spiro atoms. The van der Waals surface area contributed by atoms with Crippen LogP contribution in [-0.2, 0) is 9.47 Å². The van der Waals surface area contributed by atoms with Gasteiger partial charge in [-0.1, -0.05) is 6.92 Å². The molecule has 0 heterocycles. The van der Waals surface area contributed by atoms with E-state index < -0.39 is 0 Å². The fourth-order valence-corrected chi connectivity index (χ4v) is 0.682. The first-order chi connectivity index (χ1) is 5.62. The predicted molar refractivity (Wildman–Crippen MR) is 50.2 cm³/mol. The van der Waals surface area contributed by atoms with Crippen LogP contribution in [0.1, 0.15) is 27.2 Å². The number of hydrogen-bond donors (Lipinski definition) is 1. The summed E-state index contributed by atoms with van der Waals surface area (Å²) in [5.41, 5.74) is 5.27. The van der Waals surface area contributed by atoms with Crippen LogP contribution in [0.3, 0.4) is 0 Å². The number of hydrogen-bond acceptors (Lipinski definition) is 3. The van der Waals surface area contributed by atoms with Gasteiger partial charge < -0.3 is 15.2 Å². The quantitative estimate of drug-likeness (QED) is 0.591. The van der Waals surface area contributed by atoms with Gasteiger partial charge in [-0.15, -0.1) is 0 Å². The minimum absolute atomic E-state index is 0.213. The van der Waals surface area contributed by atoms with Gasteiger partial charge in [0.1, 0.15) is 0 Å². The van der Waals surface area contributed by atoms with Gasteiger partial charge in [0.05, 0.1) is 18.8 Å². The first-order valence-corrected chi connectivity index (χ1v) is 4.54. The molecule has 0 aromatic heterocycles. The van der Waals surface area contributed by atoms with Crippen LogP contribution in [0.2, 0.25) is 0 Å². The summed E-state index contributed by atoms with van der Waals surface area (Å²) in [5.74, 6) is 0. The first-order valence-electron chi connectivity index (χ1n) is 4.54. The molecule has 0 aliphatic carbocycles. The van der Waals surface area contributed by atoms with E-state index in [1.54, 1.807) is 0 Å². The average molecular weight is 175 g/mol. The van der Waals surface area contributed by atoms with Gasteiger partial charge in [0.15, 0.2) is 0 Å². The van der Waals surface area contributed by atoms with Crippen LogP contribution >= 0.6 is 0 Å². The lowest BCUT2D eigenvalue weighted by molar-refractivity contribution is -0.0401. The molecule has 2 N–H and O–H groups in total. The number of ether oxygens (including phenoxy) is 2. The smallest absolute Gasteiger partial charge is 0.0749 e. The SMILES string of the molecule is CCCOCCOC(C)(C)CN. The molecule has 0 aliphatic heterocycles. The molecule has 0 aromatic rings. The van der Waals surface area contributed by atoms with E-state index in [0.29, 0.717) is 19.8 Å². The van der Waals surface area contributed by atoms with Crippen LogP contribution in [0, 0.1) is 0 Å². The van der Waals surface area contributed by atoms with E-state index in [9.17, 15) is 0 Å². The van der Waals surface area contributed by atoms with Crippen molar-refractivity contribution in [1.82, 2.24) is 0 Å². The van der Waals surface area contributed by atoms with Crippen LogP contribution in [0.25, 0.3) is 0 Å². The molecule has 0 bridgehead atoms. The maximum Gasteiger partial charge on any atom is 0.0749 e. The molecule has 0 atom stereocenters. The molecule has 12 heavy (non-hydrogen) atoms. The van der Waals surface area contributed by atoms with Crippen molar-refractivity contribution in [2.75, 3.05) is 26.4 Å². The Kier molecular flexibility index (Phi) is 6.34. The summed E-state index contributed by atoms with van der Waals surface area (Å²) >= 11 is 0. The Balaban J connectivity index is 3.19. The normalized spacial score (nSPS) is 12.0. The molecule has 0 unspecified atom stereocenters. The van der Waals surface area contributed by atoms with Crippen molar-refractivity contribution in [3.05, 3.63) is 0 Å². The van der Waals surface area contributed by atoms with Crippen LogP contribution < -0.4 is 5.73 Å². The van der Waals surface area contributed by atoms with E-state index in [1.807, 2.05) is 13.8 Å². The van der Waals surface area contributed by atoms with Crippen molar-refractivity contribution in [3.63, 3.8) is 0 Å². The summed E-state index contributed by atoms with van der Waals surface area (Å²) in [6.45, 7) is 8.69. The number of nitrogens with two attached hydrogens (primary N) is 1. The summed E-state index contributed by atoms with van der Waals surface area (Å²) in [6.07, 6.45) is 1.06. The van der Waals surface area contributed by atoms with Gasteiger partial charge in [-0.3, -0.25) is 0 Å². The first kappa shape index (κ1) is 11.9. The summed E-state index contributed by atoms with van der Waals surface area (Å²) in [7, 11) is 0. The van der Waals surface area contributed by atoms with Crippen molar-refractivity contribution in [2.24, 2.45) is 5.73 Å². The standard InChI is InChI=1S/C9H21NO2/c1-4-5-11-6-7-12-9(2,3)8-10/h4-8,10H2,1-3H3. The second-order valence-corrected chi connectivity index (χ2v) is 3.42. The van der Waals surface area contributed by atoms with Gasteiger partial charge in [-0.05, 0) is 20.3 Å². The van der Waals surface area contributed by atoms with Gasteiger partial charge in [-0.2, -0.15) is 0 Å². The Morgan fingerprint density at radius 1 is 1.17 bits per heavy atom. The highest BCUT2D eigenvalue weighted by Crippen LogP contribution is 2.05. The molecule has 74 valence electrons. The fraction of sp³-hybridized carbons (Fsp3) is 1.00. The minimum Gasteiger partial charge on any atom is -0.379 e. The van der Waals surface area contributed by atoms with Gasteiger partial charge >= 0.3 is 0 Å². The maximum absolute atomic E-state index is 5.48. The molecule has 0 rings (SSSR count). The Bertz CT molecular complexity index is 105. The summed E-state index contributed by atoms with van der Waals surface area (Å²) < 4.78 is 10.7. The molecule has 3 heteroatoms. The van der Waals surface area contributed by atoms with Crippen LogP contribution in [0.4, 0.5) is 0 Å². The van der Waals surface area contributed by atoms with Crippen LogP contribution in [0.5, 0.6) is 0 Å². The number of rotatable bonds is 7. The molecule has 0 fully saturated rings. The summed E-state index contributed by atoms with van der Waals surface area (Å²) in [4.78, 5) is 0. The molecule has 0 saturated heterocycles. The van der Waals surface area contributed by atoms with Gasteiger partial charge in [0, 0.05) is 13.2 Å². The van der Waals surface area contributed by atoms with Crippen molar-refractivity contribution >= 4 is 0 Å². The topological polar surface area (TPSA) is 44.5 Å². The van der Waals surface area contributed by atoms with E-state index in [2.05, 4.69) is 6.92 Å². The fourth-order valence-electron chi connectivity index (χ4n) is 0.682. The Labute approximate surface area is 75.2 Å². The largest absolute Gasteiger partial charge is 0.379 e. The molecular formula is C9H21NO2. The highest BCUT2D eigenvalue weighted by Gasteiger charge is 2.14. The van der Waals surface area contributed by atoms with Gasteiger partial charge in [-0.25, -0.2) is 0 Å². The Morgan fingerprint density at radius 2 is 1.83 bits per heavy atom. The van der Waals surface area contributed by atoms with Gasteiger partial charge in [0.25, 0.3) is 0 Å². The second kappa shape index (κ2) is 6.40. The zero-order valence-corrected chi connectivity index (χ0v) is 8.43. The Morgan fingerprint density at radius 3 is 2.33 bits per heavy atom. The van der Waals surface area contributed by atoms with Crippen LogP contribution in [0.15, 0.2) is 0 Å². The predicted octanol–water partition coefficient (Wildman–Crippen LogP) is 1.17. The maximum atomic E-state index is 5.48. The lowest BCUT2D eigenvalue weighted by Gasteiger charge is -2.22. The van der Waals surface area contributed by atoms with E-state index in [-0.39, 0.29) is 5.60 Å². The third-order valence-corrected chi connectivity index (χ3v) is 1.56. The van der Waals surface area contributed by atoms with E-state index in [0.717, 1.165) is 13.0 Å². The zero-order valence-electron chi connectivity index (χ0n) is 8.43. The van der Waals surface area contributed by atoms with E-state index >= 15 is 0 Å². The summed E-state index contributed by atoms with van der Waals surface area (Å²) in [6, 6.07) is 0. The average Bonchev–Trinajstić information content (AvgIpc) is 2.04. The highest BCUT2D eigenvalue weighted by atomic mass is 16.5. The van der Waals surface area contributed by atoms with Crippen molar-refractivity contribution in [2.45, 2.75) is 32.8 Å². The Hall–Kier alpha value is -0.120. The zero-order chi connectivity index (χ0) is 9.45. The van der Waals surface area contributed by atoms with Crippen molar-refractivity contribution in [1.29, 1.82) is 0 Å². The van der Waals surface area contributed by atoms with Gasteiger partial charge in [0.2, 0.25) is 0 Å². The molecule has 0 aliphatic rings. The van der Waals surface area contributed by atoms with Crippen molar-refractivity contribution < 1.29 is 9.47 Å². The van der Waals surface area contributed by atoms with E-state index in [4.69, 9.17) is 15.2 Å². The summed E-state index contributed by atoms with van der Waals surface area (Å²) in [5, 5.41) is 0. The third kappa shape index (κ3) is 6.58. The van der Waals surface area contributed by atoms with E-state index in [1.165, 1.54) is 0 Å². The highest BCUT2D eigenvalue weighted by molar-refractivity contribution is 4.68. The second-order valence-electron chi connectivity index (χ2n) is 3.42. The lowest BCUT2D eigenvalue weighted by Crippen LogP contribution is -2.35. The van der Waals surface area contributed by atoms with Crippen LogP contribution in [-0.4, -0.2) is 32.0 Å². The van der Waals surface area contributed by atoms with Crippen molar-refractivity contribution in [3.8, 4) is 0 Å². The molecular weight excluding hydrogens is 154 g/mol. The lowest BCUT2D eigenvalue weighted by atomic mass is 10.1. The minimum atomic E-state index is -0.213. The monoisotopic (exact) mass is 175 g/mol. The third-order valence-electron chi connectivity index (χ3n) is 1.56. The molecule has 3 nitrogen and oxygen atoms in total. The molecule has 0 saturated carbocycles. The molecule has 0 radical (unpaired) electrons. The molecule has 0 aromatic carbocycles. The molecule has 0 amide bonds.